The van der Waals surface area contributed by atoms with Crippen LogP contribution in [0.15, 0.2) is 0 Å². The van der Waals surface area contributed by atoms with E-state index in [0.717, 1.165) is 37.1 Å². The summed E-state index contributed by atoms with van der Waals surface area (Å²) in [6, 6.07) is 0.193. The number of carbonyl (C=O) groups is 2. The molecule has 7 nitrogen and oxygen atoms in total. The second kappa shape index (κ2) is 6.71. The summed E-state index contributed by atoms with van der Waals surface area (Å²) in [5.74, 6) is -1.10. The van der Waals surface area contributed by atoms with E-state index in [2.05, 4.69) is 15.5 Å². The molecule has 116 valence electrons. The third-order valence-corrected chi connectivity index (χ3v) is 3.92. The van der Waals surface area contributed by atoms with Gasteiger partial charge in [0, 0.05) is 6.04 Å². The lowest BCUT2D eigenvalue weighted by Crippen LogP contribution is -2.42. The zero-order chi connectivity index (χ0) is 15.4. The molecule has 0 unspecified atom stereocenters. The molecule has 1 saturated carbocycles. The summed E-state index contributed by atoms with van der Waals surface area (Å²) in [5.41, 5.74) is 2.21. The fourth-order valence-corrected chi connectivity index (χ4v) is 2.86. The maximum atomic E-state index is 12.2. The highest BCUT2D eigenvalue weighted by atomic mass is 16.4. The first-order valence-corrected chi connectivity index (χ1v) is 7.24. The number of anilines is 1. The molecule has 1 aromatic rings. The van der Waals surface area contributed by atoms with E-state index in [4.69, 9.17) is 5.11 Å². The first-order chi connectivity index (χ1) is 9.97. The number of H-pyrrole nitrogens is 1. The molecule has 0 saturated heterocycles. The largest absolute Gasteiger partial charge is 0.480 e. The van der Waals surface area contributed by atoms with Crippen LogP contribution < -0.4 is 5.32 Å². The van der Waals surface area contributed by atoms with Crippen LogP contribution in [-0.4, -0.2) is 51.2 Å². The van der Waals surface area contributed by atoms with E-state index in [1.807, 2.05) is 13.8 Å². The first-order valence-electron chi connectivity index (χ1n) is 7.24. The molecule has 0 spiro atoms. The number of hydrogen-bond donors (Lipinski definition) is 3. The number of nitrogens with one attached hydrogen (secondary N) is 2. The van der Waals surface area contributed by atoms with E-state index in [-0.39, 0.29) is 25.0 Å². The van der Waals surface area contributed by atoms with Crippen molar-refractivity contribution in [3.05, 3.63) is 11.4 Å². The van der Waals surface area contributed by atoms with Crippen molar-refractivity contribution in [3.8, 4) is 0 Å². The van der Waals surface area contributed by atoms with Crippen molar-refractivity contribution in [2.24, 2.45) is 0 Å². The number of nitrogens with zero attached hydrogens (tertiary/aromatic N) is 2. The van der Waals surface area contributed by atoms with Crippen LogP contribution in [0.2, 0.25) is 0 Å². The number of aromatic nitrogens is 2. The van der Waals surface area contributed by atoms with Gasteiger partial charge < -0.3 is 10.4 Å². The zero-order valence-corrected chi connectivity index (χ0v) is 12.5. The number of carboxylic acid groups (broad SMARTS) is 1. The molecule has 1 aliphatic carbocycles. The summed E-state index contributed by atoms with van der Waals surface area (Å²) in [6.07, 6.45) is 4.12. The monoisotopic (exact) mass is 294 g/mol. The summed E-state index contributed by atoms with van der Waals surface area (Å²) in [7, 11) is 0. The highest BCUT2D eigenvalue weighted by molar-refractivity contribution is 5.93. The number of rotatable bonds is 6. The fourth-order valence-electron chi connectivity index (χ4n) is 2.86. The van der Waals surface area contributed by atoms with Gasteiger partial charge in [-0.15, -0.1) is 0 Å². The predicted molar refractivity (Wildman–Crippen MR) is 78.2 cm³/mol. The zero-order valence-electron chi connectivity index (χ0n) is 12.5. The van der Waals surface area contributed by atoms with Crippen molar-refractivity contribution in [3.63, 3.8) is 0 Å². The van der Waals surface area contributed by atoms with Gasteiger partial charge >= 0.3 is 5.97 Å². The molecule has 1 heterocycles. The predicted octanol–water partition coefficient (Wildman–Crippen LogP) is 1.29. The minimum absolute atomic E-state index is 0.0958. The summed E-state index contributed by atoms with van der Waals surface area (Å²) in [5, 5.41) is 18.7. The minimum atomic E-state index is -0.898. The summed E-state index contributed by atoms with van der Waals surface area (Å²) >= 11 is 0. The van der Waals surface area contributed by atoms with Crippen LogP contribution in [0.5, 0.6) is 0 Å². The maximum absolute atomic E-state index is 12.2. The van der Waals surface area contributed by atoms with E-state index in [1.165, 1.54) is 0 Å². The average molecular weight is 294 g/mol. The van der Waals surface area contributed by atoms with Crippen molar-refractivity contribution < 1.29 is 14.7 Å². The van der Waals surface area contributed by atoms with Crippen molar-refractivity contribution in [1.82, 2.24) is 15.1 Å². The highest BCUT2D eigenvalue weighted by Gasteiger charge is 2.26. The van der Waals surface area contributed by atoms with Gasteiger partial charge in [0.05, 0.1) is 30.2 Å². The van der Waals surface area contributed by atoms with Gasteiger partial charge in [0.2, 0.25) is 5.91 Å². The highest BCUT2D eigenvalue weighted by Crippen LogP contribution is 2.23. The summed E-state index contributed by atoms with van der Waals surface area (Å²) in [4.78, 5) is 24.9. The smallest absolute Gasteiger partial charge is 0.317 e. The second-order valence-electron chi connectivity index (χ2n) is 5.59. The summed E-state index contributed by atoms with van der Waals surface area (Å²) in [6.45, 7) is 3.65. The molecule has 1 aliphatic rings. The third-order valence-electron chi connectivity index (χ3n) is 3.92. The van der Waals surface area contributed by atoms with Crippen LogP contribution in [0, 0.1) is 13.8 Å². The molecule has 0 atom stereocenters. The molecule has 1 amide bonds. The molecular formula is C14H22N4O3. The fraction of sp³-hybridized carbons (Fsp3) is 0.643. The Hall–Kier alpha value is -1.89. The van der Waals surface area contributed by atoms with Gasteiger partial charge in [0.25, 0.3) is 0 Å². The Labute approximate surface area is 123 Å². The number of amides is 1. The molecule has 1 aromatic heterocycles. The Morgan fingerprint density at radius 2 is 2.00 bits per heavy atom. The van der Waals surface area contributed by atoms with Crippen molar-refractivity contribution in [2.45, 2.75) is 45.6 Å². The molecule has 3 N–H and O–H groups in total. The number of carbonyl (C=O) groups excluding carboxylic acids is 1. The maximum Gasteiger partial charge on any atom is 0.317 e. The molecular weight excluding hydrogens is 272 g/mol. The Balaban J connectivity index is 1.98. The molecule has 0 bridgehead atoms. The van der Waals surface area contributed by atoms with E-state index >= 15 is 0 Å². The molecule has 0 aromatic carbocycles. The number of carboxylic acids is 1. The molecule has 2 rings (SSSR count). The molecule has 1 fully saturated rings. The van der Waals surface area contributed by atoms with Crippen LogP contribution in [0.25, 0.3) is 0 Å². The van der Waals surface area contributed by atoms with Crippen LogP contribution in [-0.2, 0) is 9.59 Å². The van der Waals surface area contributed by atoms with Crippen LogP contribution in [0.1, 0.15) is 37.1 Å². The normalized spacial score (nSPS) is 15.6. The number of aliphatic carboxylic acids is 1. The van der Waals surface area contributed by atoms with Crippen LogP contribution in [0.3, 0.4) is 0 Å². The number of aryl methyl sites for hydroxylation is 2. The van der Waals surface area contributed by atoms with Crippen molar-refractivity contribution in [2.75, 3.05) is 18.4 Å². The second-order valence-corrected chi connectivity index (χ2v) is 5.59. The van der Waals surface area contributed by atoms with Crippen molar-refractivity contribution >= 4 is 17.6 Å². The van der Waals surface area contributed by atoms with Gasteiger partial charge in [-0.2, -0.15) is 5.10 Å². The van der Waals surface area contributed by atoms with E-state index in [1.54, 1.807) is 4.90 Å². The van der Waals surface area contributed by atoms with Gasteiger partial charge in [-0.25, -0.2) is 0 Å². The molecule has 21 heavy (non-hydrogen) atoms. The Bertz CT molecular complexity index is 501. The van der Waals surface area contributed by atoms with E-state index < -0.39 is 5.97 Å². The molecule has 7 heteroatoms. The minimum Gasteiger partial charge on any atom is -0.480 e. The molecule has 0 aliphatic heterocycles. The summed E-state index contributed by atoms with van der Waals surface area (Å²) < 4.78 is 0. The van der Waals surface area contributed by atoms with Crippen molar-refractivity contribution in [1.29, 1.82) is 0 Å². The third kappa shape index (κ3) is 4.04. The Morgan fingerprint density at radius 3 is 2.52 bits per heavy atom. The number of hydrogen-bond acceptors (Lipinski definition) is 4. The van der Waals surface area contributed by atoms with Gasteiger partial charge in [0.15, 0.2) is 0 Å². The van der Waals surface area contributed by atoms with Gasteiger partial charge in [-0.3, -0.25) is 19.6 Å². The lowest BCUT2D eigenvalue weighted by Gasteiger charge is -2.26. The SMILES string of the molecule is Cc1n[nH]c(C)c1NC(=O)CN(CC(=O)O)C1CCCC1. The quantitative estimate of drug-likeness (QED) is 0.734. The van der Waals surface area contributed by atoms with Gasteiger partial charge in [-0.1, -0.05) is 12.8 Å². The first kappa shape index (κ1) is 15.5. The van der Waals surface area contributed by atoms with Crippen LogP contribution in [0.4, 0.5) is 5.69 Å². The average Bonchev–Trinajstić information content (AvgIpc) is 3.03. The molecule has 0 radical (unpaired) electrons. The standard InChI is InChI=1S/C14H22N4O3/c1-9-14(10(2)17-16-9)15-12(19)7-18(8-13(20)21)11-5-3-4-6-11/h11H,3-8H2,1-2H3,(H,15,19)(H,16,17)(H,20,21). The Kier molecular flexibility index (Phi) is 4.95. The van der Waals surface area contributed by atoms with Gasteiger partial charge in [0.1, 0.15) is 0 Å². The van der Waals surface area contributed by atoms with Crippen LogP contribution >= 0.6 is 0 Å². The van der Waals surface area contributed by atoms with E-state index in [0.29, 0.717) is 5.69 Å². The lowest BCUT2D eigenvalue weighted by molar-refractivity contribution is -0.139. The number of aromatic amines is 1. The topological polar surface area (TPSA) is 98.3 Å². The Morgan fingerprint density at radius 1 is 1.33 bits per heavy atom. The van der Waals surface area contributed by atoms with Gasteiger partial charge in [-0.05, 0) is 26.7 Å². The van der Waals surface area contributed by atoms with E-state index in [9.17, 15) is 9.59 Å². The lowest BCUT2D eigenvalue weighted by atomic mass is 10.2.